The third-order valence-electron chi connectivity index (χ3n) is 8.87. The van der Waals surface area contributed by atoms with Gasteiger partial charge in [0.25, 0.3) is 0 Å². The summed E-state index contributed by atoms with van der Waals surface area (Å²) in [7, 11) is 0. The van der Waals surface area contributed by atoms with Crippen molar-refractivity contribution in [3.63, 3.8) is 0 Å². The van der Waals surface area contributed by atoms with Crippen LogP contribution in [0.15, 0.2) is 49.6 Å². The molecule has 3 fully saturated rings. The standard InChI is InChI=1S/C30H40N6O4S/c1-5-15-33(16-6-2)27(38)24-23-13-14-30(41-23)25(24)28(39)36(20(8-4)18-37)26(30)29(40)34(17-7-3)19-35-22-12-10-9-11-21(22)31-32-35/h5,7,9-12,20,23-26,37H,1,3,6,8,13-19H2,2,4H3/t20-,23+,24-,25-,26?,30?/m0/s1. The molecule has 1 spiro atoms. The van der Waals surface area contributed by atoms with E-state index in [0.29, 0.717) is 25.9 Å². The monoisotopic (exact) mass is 580 g/mol. The minimum absolute atomic E-state index is 0.0283. The highest BCUT2D eigenvalue weighted by Gasteiger charge is 2.74. The van der Waals surface area contributed by atoms with E-state index in [1.807, 2.05) is 38.1 Å². The van der Waals surface area contributed by atoms with Gasteiger partial charge in [0, 0.05) is 24.9 Å². The molecule has 6 atom stereocenters. The van der Waals surface area contributed by atoms with Gasteiger partial charge in [-0.1, -0.05) is 43.3 Å². The van der Waals surface area contributed by atoms with Gasteiger partial charge in [-0.25, -0.2) is 4.68 Å². The van der Waals surface area contributed by atoms with Crippen LogP contribution in [0.5, 0.6) is 0 Å². The number of hydrogen-bond donors (Lipinski definition) is 1. The van der Waals surface area contributed by atoms with E-state index in [9.17, 15) is 19.5 Å². The predicted molar refractivity (Wildman–Crippen MR) is 159 cm³/mol. The summed E-state index contributed by atoms with van der Waals surface area (Å²) in [6.45, 7) is 12.8. The van der Waals surface area contributed by atoms with Gasteiger partial charge < -0.3 is 19.8 Å². The van der Waals surface area contributed by atoms with Gasteiger partial charge in [0.05, 0.1) is 34.7 Å². The van der Waals surface area contributed by atoms with E-state index in [0.717, 1.165) is 23.9 Å². The van der Waals surface area contributed by atoms with Crippen molar-refractivity contribution in [3.8, 4) is 0 Å². The Morgan fingerprint density at radius 3 is 2.61 bits per heavy atom. The molecule has 0 radical (unpaired) electrons. The molecule has 10 nitrogen and oxygen atoms in total. The summed E-state index contributed by atoms with van der Waals surface area (Å²) in [6.07, 6.45) is 6.12. The number of amides is 3. The van der Waals surface area contributed by atoms with Gasteiger partial charge in [0.2, 0.25) is 17.7 Å². The number of aliphatic hydroxyl groups excluding tert-OH is 1. The van der Waals surface area contributed by atoms with Gasteiger partial charge in [-0.3, -0.25) is 14.4 Å². The first-order valence-electron chi connectivity index (χ1n) is 14.5. The lowest BCUT2D eigenvalue weighted by molar-refractivity contribution is -0.147. The number of fused-ring (bicyclic) bond motifs is 2. The largest absolute Gasteiger partial charge is 0.394 e. The molecule has 5 rings (SSSR count). The molecule has 0 aliphatic carbocycles. The zero-order valence-electron chi connectivity index (χ0n) is 23.9. The zero-order valence-corrected chi connectivity index (χ0v) is 24.7. The van der Waals surface area contributed by atoms with Crippen LogP contribution >= 0.6 is 11.8 Å². The first-order chi connectivity index (χ1) is 19.9. The molecule has 41 heavy (non-hydrogen) atoms. The summed E-state index contributed by atoms with van der Waals surface area (Å²) in [5.74, 6) is -1.57. The van der Waals surface area contributed by atoms with Crippen LogP contribution in [0.25, 0.3) is 11.0 Å². The van der Waals surface area contributed by atoms with E-state index in [1.165, 1.54) is 0 Å². The maximum Gasteiger partial charge on any atom is 0.248 e. The molecule has 1 N–H and O–H groups in total. The van der Waals surface area contributed by atoms with Gasteiger partial charge in [0.15, 0.2) is 0 Å². The Morgan fingerprint density at radius 1 is 1.20 bits per heavy atom. The van der Waals surface area contributed by atoms with E-state index < -0.39 is 28.7 Å². The number of likely N-dealkylation sites (tertiary alicyclic amines) is 1. The normalized spacial score (nSPS) is 27.2. The number of rotatable bonds is 13. The highest BCUT2D eigenvalue weighted by molar-refractivity contribution is 8.02. The maximum atomic E-state index is 14.6. The molecule has 3 amide bonds. The summed E-state index contributed by atoms with van der Waals surface area (Å²) >= 11 is 1.64. The average Bonchev–Trinajstić information content (AvgIpc) is 3.73. The highest BCUT2D eigenvalue weighted by atomic mass is 32.2. The van der Waals surface area contributed by atoms with Crippen molar-refractivity contribution in [2.45, 2.75) is 68.3 Å². The first kappa shape index (κ1) is 29.3. The minimum Gasteiger partial charge on any atom is -0.394 e. The summed E-state index contributed by atoms with van der Waals surface area (Å²) in [4.78, 5) is 48.1. The predicted octanol–water partition coefficient (Wildman–Crippen LogP) is 2.69. The number of thioether (sulfide) groups is 1. The van der Waals surface area contributed by atoms with Gasteiger partial charge in [-0.2, -0.15) is 0 Å². The second-order valence-electron chi connectivity index (χ2n) is 11.2. The van der Waals surface area contributed by atoms with Crippen molar-refractivity contribution in [3.05, 3.63) is 49.6 Å². The topological polar surface area (TPSA) is 112 Å². The SMILES string of the molecule is C=CCN(Cn1nnc2ccccc21)C(=O)C1N([C@@H](CC)CO)C(=O)[C@@H]2[C@@H](C(=O)N(CC=C)CCC)[C@H]3CCC12S3. The molecule has 0 saturated carbocycles. The lowest BCUT2D eigenvalue weighted by Gasteiger charge is -2.39. The summed E-state index contributed by atoms with van der Waals surface area (Å²) in [5.41, 5.74) is 1.52. The van der Waals surface area contributed by atoms with Gasteiger partial charge >= 0.3 is 0 Å². The summed E-state index contributed by atoms with van der Waals surface area (Å²) in [6, 6.07) is 6.22. The Bertz CT molecular complexity index is 1330. The molecular weight excluding hydrogens is 540 g/mol. The second kappa shape index (κ2) is 12.0. The molecule has 11 heteroatoms. The quantitative estimate of drug-likeness (QED) is 0.363. The molecule has 3 aliphatic heterocycles. The first-order valence-corrected chi connectivity index (χ1v) is 15.4. The van der Waals surface area contributed by atoms with Crippen LogP contribution < -0.4 is 0 Å². The van der Waals surface area contributed by atoms with Crippen LogP contribution in [0, 0.1) is 11.8 Å². The third-order valence-corrected chi connectivity index (χ3v) is 10.8. The average molecular weight is 581 g/mol. The van der Waals surface area contributed by atoms with E-state index >= 15 is 0 Å². The van der Waals surface area contributed by atoms with Crippen LogP contribution in [0.3, 0.4) is 0 Å². The second-order valence-corrected chi connectivity index (χ2v) is 12.8. The molecule has 3 saturated heterocycles. The lowest BCUT2D eigenvalue weighted by atomic mass is 9.70. The van der Waals surface area contributed by atoms with E-state index in [4.69, 9.17) is 0 Å². The molecule has 4 heterocycles. The minimum atomic E-state index is -0.807. The van der Waals surface area contributed by atoms with Gasteiger partial charge in [-0.15, -0.1) is 30.0 Å². The van der Waals surface area contributed by atoms with Crippen molar-refractivity contribution in [1.29, 1.82) is 0 Å². The van der Waals surface area contributed by atoms with Crippen LogP contribution in [0.1, 0.15) is 39.5 Å². The van der Waals surface area contributed by atoms with E-state index in [-0.39, 0.29) is 42.8 Å². The summed E-state index contributed by atoms with van der Waals surface area (Å²) in [5, 5.41) is 18.8. The maximum absolute atomic E-state index is 14.6. The fourth-order valence-corrected chi connectivity index (χ4v) is 9.31. The zero-order chi connectivity index (χ0) is 29.3. The van der Waals surface area contributed by atoms with Gasteiger partial charge in [0.1, 0.15) is 18.2 Å². The highest BCUT2D eigenvalue weighted by Crippen LogP contribution is 2.67. The molecule has 2 bridgehead atoms. The lowest BCUT2D eigenvalue weighted by Crippen LogP contribution is -2.57. The Kier molecular flexibility index (Phi) is 8.56. The van der Waals surface area contributed by atoms with Crippen molar-refractivity contribution in [2.24, 2.45) is 11.8 Å². The number of carbonyl (C=O) groups is 3. The molecule has 1 aromatic heterocycles. The van der Waals surface area contributed by atoms with Crippen LogP contribution in [-0.2, 0) is 21.1 Å². The summed E-state index contributed by atoms with van der Waals surface area (Å²) < 4.78 is 0.942. The smallest absolute Gasteiger partial charge is 0.248 e. The number of carbonyl (C=O) groups excluding carboxylic acids is 3. The molecule has 3 aliphatic rings. The fraction of sp³-hybridized carbons (Fsp3) is 0.567. The van der Waals surface area contributed by atoms with Crippen LogP contribution in [0.2, 0.25) is 0 Å². The number of nitrogens with zero attached hydrogens (tertiary/aromatic N) is 6. The van der Waals surface area contributed by atoms with E-state index in [1.54, 1.807) is 43.3 Å². The molecule has 2 aromatic rings. The van der Waals surface area contributed by atoms with Crippen LogP contribution in [-0.4, -0.2) is 101 Å². The number of benzene rings is 1. The molecular formula is C30H40N6O4S. The van der Waals surface area contributed by atoms with Crippen molar-refractivity contribution in [2.75, 3.05) is 26.2 Å². The van der Waals surface area contributed by atoms with Crippen LogP contribution in [0.4, 0.5) is 0 Å². The van der Waals surface area contributed by atoms with Crippen molar-refractivity contribution < 1.29 is 19.5 Å². The number of aromatic nitrogens is 3. The van der Waals surface area contributed by atoms with E-state index in [2.05, 4.69) is 23.5 Å². The number of aliphatic hydroxyl groups is 1. The molecule has 2 unspecified atom stereocenters. The number of hydrogen-bond acceptors (Lipinski definition) is 7. The third kappa shape index (κ3) is 4.76. The Labute approximate surface area is 245 Å². The molecule has 1 aromatic carbocycles. The Morgan fingerprint density at radius 2 is 1.93 bits per heavy atom. The molecule has 220 valence electrons. The Balaban J connectivity index is 1.54. The fourth-order valence-electron chi connectivity index (χ4n) is 7.12. The number of para-hydroxylation sites is 1. The van der Waals surface area contributed by atoms with Gasteiger partial charge in [-0.05, 0) is 37.8 Å². The van der Waals surface area contributed by atoms with Crippen molar-refractivity contribution >= 4 is 40.5 Å². The Hall–Kier alpha value is -3.18. The van der Waals surface area contributed by atoms with Crippen molar-refractivity contribution in [1.82, 2.24) is 29.7 Å².